The topological polar surface area (TPSA) is 102 Å². The number of hydrogen-bond acceptors (Lipinski definition) is 7. The fourth-order valence-corrected chi connectivity index (χ4v) is 4.58. The Hall–Kier alpha value is -2.51. The van der Waals surface area contributed by atoms with Gasteiger partial charge in [-0.25, -0.2) is 18.8 Å². The first-order valence-corrected chi connectivity index (χ1v) is 12.1. The Morgan fingerprint density at radius 2 is 2.06 bits per heavy atom. The van der Waals surface area contributed by atoms with Crippen LogP contribution in [0.3, 0.4) is 0 Å². The van der Waals surface area contributed by atoms with E-state index in [9.17, 15) is 13.6 Å². The Kier molecular flexibility index (Phi) is 7.60. The Morgan fingerprint density at radius 1 is 1.21 bits per heavy atom. The number of hydrogen-bond donors (Lipinski definition) is 2. The van der Waals surface area contributed by atoms with Gasteiger partial charge in [-0.05, 0) is 56.6 Å². The number of nitrogens with two attached hydrogens (primary N) is 1. The first-order chi connectivity index (χ1) is 15.9. The highest BCUT2D eigenvalue weighted by molar-refractivity contribution is 14.1. The van der Waals surface area contributed by atoms with Gasteiger partial charge >= 0.3 is 0 Å². The molecule has 4 rings (SSSR count). The third-order valence-corrected chi connectivity index (χ3v) is 6.39. The molecule has 0 bridgehead atoms. The number of pyridine rings is 1. The van der Waals surface area contributed by atoms with Gasteiger partial charge in [0.05, 0.1) is 11.8 Å². The number of nitrogens with one attached hydrogen (secondary N) is 1. The molecular formula is C22H20F2IN5O2S. The van der Waals surface area contributed by atoms with Crippen molar-refractivity contribution < 1.29 is 18.3 Å². The lowest BCUT2D eigenvalue weighted by atomic mass is 10.0. The predicted molar refractivity (Wildman–Crippen MR) is 132 cm³/mol. The molecule has 33 heavy (non-hydrogen) atoms. The van der Waals surface area contributed by atoms with Crippen molar-refractivity contribution in [2.75, 3.05) is 13.1 Å². The maximum Gasteiger partial charge on any atom is 0.223 e. The number of carbonyl (C=O) groups excluding carboxylic acids is 1. The van der Waals surface area contributed by atoms with E-state index in [1.807, 2.05) is 0 Å². The lowest BCUT2D eigenvalue weighted by molar-refractivity contribution is 0.110. The van der Waals surface area contributed by atoms with Crippen LogP contribution in [-0.4, -0.2) is 38.2 Å². The molecule has 1 aliphatic rings. The first kappa shape index (κ1) is 23.6. The Bertz CT molecular complexity index is 1200. The molecule has 1 fully saturated rings. The van der Waals surface area contributed by atoms with E-state index in [4.69, 9.17) is 10.5 Å². The van der Waals surface area contributed by atoms with E-state index in [0.29, 0.717) is 10.8 Å². The zero-order valence-electron chi connectivity index (χ0n) is 17.4. The van der Waals surface area contributed by atoms with Crippen LogP contribution in [0.2, 0.25) is 0 Å². The summed E-state index contributed by atoms with van der Waals surface area (Å²) in [6.07, 6.45) is 4.41. The minimum atomic E-state index is -0.779. The quantitative estimate of drug-likeness (QED) is 0.190. The molecule has 0 saturated carbocycles. The predicted octanol–water partition coefficient (Wildman–Crippen LogP) is 4.62. The van der Waals surface area contributed by atoms with Gasteiger partial charge in [0.1, 0.15) is 40.6 Å². The summed E-state index contributed by atoms with van der Waals surface area (Å²) in [5, 5.41) is 3.88. The molecule has 172 valence electrons. The molecule has 3 aromatic rings. The zero-order chi connectivity index (χ0) is 23.4. The van der Waals surface area contributed by atoms with Crippen molar-refractivity contribution in [1.82, 2.24) is 14.7 Å². The van der Waals surface area contributed by atoms with Crippen LogP contribution in [0.25, 0.3) is 11.3 Å². The molecule has 0 radical (unpaired) electrons. The molecule has 0 aliphatic carbocycles. The average molecular weight is 583 g/mol. The highest BCUT2D eigenvalue weighted by Crippen LogP contribution is 2.34. The molecule has 3 heterocycles. The average Bonchev–Trinajstić information content (AvgIpc) is 3.05. The maximum atomic E-state index is 14.6. The van der Waals surface area contributed by atoms with Gasteiger partial charge in [-0.1, -0.05) is 6.07 Å². The molecule has 1 unspecified atom stereocenters. The molecular weight excluding hydrogens is 563 g/mol. The van der Waals surface area contributed by atoms with Crippen molar-refractivity contribution in [3.8, 4) is 16.3 Å². The smallest absolute Gasteiger partial charge is 0.223 e. The maximum absolute atomic E-state index is 14.6. The standard InChI is InChI=1S/C22H20F2IN5O2S/c23-14-5-1-4-13(20(25)31)18(14)19-15(24)6-7-16(29-19)21(26)30-17-11-28-33-22(17)32-12-3-2-9-27-10-8-12/h1,4-7,11-12,27H,2-3,8-10H2,(H2,26,30). The normalized spacial score (nSPS) is 16.9. The second-order valence-electron chi connectivity index (χ2n) is 7.38. The van der Waals surface area contributed by atoms with Crippen LogP contribution in [0.4, 0.5) is 14.5 Å². The number of nitrogens with zero attached hydrogens (tertiary/aromatic N) is 3. The van der Waals surface area contributed by atoms with Gasteiger partial charge in [-0.15, -0.1) is 0 Å². The molecule has 1 saturated heterocycles. The summed E-state index contributed by atoms with van der Waals surface area (Å²) in [6, 6.07) is 6.42. The number of ether oxygens (including phenoxy) is 1. The Labute approximate surface area is 206 Å². The summed E-state index contributed by atoms with van der Waals surface area (Å²) < 4.78 is 39.0. The van der Waals surface area contributed by atoms with Gasteiger partial charge < -0.3 is 15.8 Å². The molecule has 0 spiro atoms. The number of carbonyl (C=O) groups is 1. The van der Waals surface area contributed by atoms with E-state index in [2.05, 4.69) is 19.7 Å². The van der Waals surface area contributed by atoms with Crippen molar-refractivity contribution in [3.05, 3.63) is 59.4 Å². The minimum Gasteiger partial charge on any atom is -0.478 e. The number of aliphatic imine (C=N–C) groups is 1. The number of rotatable bonds is 6. The third-order valence-electron chi connectivity index (χ3n) is 5.13. The second kappa shape index (κ2) is 10.6. The van der Waals surface area contributed by atoms with Crippen LogP contribution >= 0.6 is 34.1 Å². The van der Waals surface area contributed by atoms with E-state index >= 15 is 0 Å². The Morgan fingerprint density at radius 3 is 2.88 bits per heavy atom. The van der Waals surface area contributed by atoms with Gasteiger partial charge in [-0.3, -0.25) is 4.79 Å². The van der Waals surface area contributed by atoms with E-state index in [1.54, 1.807) is 0 Å². The Balaban J connectivity index is 1.66. The number of benzene rings is 1. The number of halogens is 3. The largest absolute Gasteiger partial charge is 0.478 e. The van der Waals surface area contributed by atoms with Crippen molar-refractivity contribution in [2.45, 2.75) is 25.4 Å². The number of amidine groups is 1. The monoisotopic (exact) mass is 583 g/mol. The summed E-state index contributed by atoms with van der Waals surface area (Å²) in [4.78, 5) is 20.5. The van der Waals surface area contributed by atoms with Crippen molar-refractivity contribution in [2.24, 2.45) is 10.7 Å². The molecule has 1 atom stereocenters. The molecule has 11 heteroatoms. The van der Waals surface area contributed by atoms with Crippen molar-refractivity contribution in [3.63, 3.8) is 0 Å². The van der Waals surface area contributed by atoms with Gasteiger partial charge in [0.15, 0.2) is 0 Å². The van der Waals surface area contributed by atoms with Crippen LogP contribution in [0, 0.1) is 11.6 Å². The van der Waals surface area contributed by atoms with Crippen molar-refractivity contribution >= 4 is 49.4 Å². The van der Waals surface area contributed by atoms with Crippen LogP contribution in [0.5, 0.6) is 5.06 Å². The van der Waals surface area contributed by atoms with Gasteiger partial charge in [0.2, 0.25) is 8.85 Å². The van der Waals surface area contributed by atoms with E-state index in [0.717, 1.165) is 44.5 Å². The van der Waals surface area contributed by atoms with E-state index in [-0.39, 0.29) is 34.5 Å². The van der Waals surface area contributed by atoms with E-state index in [1.165, 1.54) is 58.5 Å². The van der Waals surface area contributed by atoms with E-state index < -0.39 is 15.4 Å². The summed E-state index contributed by atoms with van der Waals surface area (Å²) in [6.45, 7) is 1.84. The van der Waals surface area contributed by atoms with Gasteiger partial charge in [-0.2, -0.15) is 4.37 Å². The SMILES string of the molecule is NC(=Nc1cnsc1OC1CCCNCC1)c1ccc(F)c(-c2c(F)cccc2C(=O)I)n1. The summed E-state index contributed by atoms with van der Waals surface area (Å²) in [7, 11) is 0. The molecule has 1 aliphatic heterocycles. The molecule has 2 aromatic heterocycles. The molecule has 1 aromatic carbocycles. The first-order valence-electron chi connectivity index (χ1n) is 10.3. The number of aromatic nitrogens is 2. The molecule has 3 N–H and O–H groups in total. The highest BCUT2D eigenvalue weighted by Gasteiger charge is 2.21. The van der Waals surface area contributed by atoms with Crippen LogP contribution in [0.15, 0.2) is 41.5 Å². The third kappa shape index (κ3) is 5.53. The summed E-state index contributed by atoms with van der Waals surface area (Å²) >= 11 is 2.70. The van der Waals surface area contributed by atoms with Crippen LogP contribution < -0.4 is 15.8 Å². The fraction of sp³-hybridized carbons (Fsp3) is 0.273. The molecule has 7 nitrogen and oxygen atoms in total. The van der Waals surface area contributed by atoms with Gasteiger partial charge in [0, 0.05) is 39.7 Å². The van der Waals surface area contributed by atoms with Gasteiger partial charge in [0.25, 0.3) is 0 Å². The van der Waals surface area contributed by atoms with Crippen molar-refractivity contribution in [1.29, 1.82) is 0 Å². The minimum absolute atomic E-state index is 0.0116. The van der Waals surface area contributed by atoms with Crippen LogP contribution in [0.1, 0.15) is 35.3 Å². The van der Waals surface area contributed by atoms with Crippen LogP contribution in [-0.2, 0) is 0 Å². The second-order valence-corrected chi connectivity index (χ2v) is 9.12. The summed E-state index contributed by atoms with van der Waals surface area (Å²) in [5.41, 5.74) is 6.23. The lowest BCUT2D eigenvalue weighted by Crippen LogP contribution is -2.19. The summed E-state index contributed by atoms with van der Waals surface area (Å²) in [5.74, 6) is -1.55. The zero-order valence-corrected chi connectivity index (χ0v) is 20.3. The fourth-order valence-electron chi connectivity index (χ4n) is 3.51. The highest BCUT2D eigenvalue weighted by atomic mass is 127. The molecule has 0 amide bonds. The lowest BCUT2D eigenvalue weighted by Gasteiger charge is -2.15.